The van der Waals surface area contributed by atoms with Crippen LogP contribution in [0, 0.1) is 18.8 Å². The average molecular weight is 587 g/mol. The first-order chi connectivity index (χ1) is 18.9. The predicted octanol–water partition coefficient (Wildman–Crippen LogP) is 6.21. The second-order valence-corrected chi connectivity index (χ2v) is 13.8. The van der Waals surface area contributed by atoms with Crippen LogP contribution in [0.25, 0.3) is 0 Å². The number of aliphatic hydroxyl groups is 1. The van der Waals surface area contributed by atoms with Gasteiger partial charge in [-0.3, -0.25) is 4.79 Å². The first kappa shape index (κ1) is 31.6. The van der Waals surface area contributed by atoms with Gasteiger partial charge in [-0.2, -0.15) is 0 Å². The Morgan fingerprint density at radius 2 is 1.93 bits per heavy atom. The Labute approximate surface area is 250 Å². The molecule has 3 heterocycles. The fraction of sp³-hybridized carbons (Fsp3) is 0.606. The molecule has 4 bridgehead atoms. The van der Waals surface area contributed by atoms with Crippen molar-refractivity contribution in [3.05, 3.63) is 64.5 Å². The third-order valence-electron chi connectivity index (χ3n) is 8.66. The van der Waals surface area contributed by atoms with Crippen LogP contribution in [0.2, 0.25) is 5.02 Å². The third kappa shape index (κ3) is 6.85. The highest BCUT2D eigenvalue weighted by atomic mass is 35.5. The van der Waals surface area contributed by atoms with Crippen molar-refractivity contribution in [3.63, 3.8) is 0 Å². The maximum atomic E-state index is 13.8. The fourth-order valence-corrected chi connectivity index (χ4v) is 6.32. The summed E-state index contributed by atoms with van der Waals surface area (Å²) in [5, 5.41) is 15.3. The Morgan fingerprint density at radius 1 is 1.24 bits per heavy atom. The molecule has 1 aromatic carbocycles. The number of carbonyl (C=O) groups excluding carboxylic acids is 1. The molecule has 1 aromatic rings. The van der Waals surface area contributed by atoms with Crippen molar-refractivity contribution in [1.29, 1.82) is 0 Å². The molecule has 3 aliphatic rings. The molecule has 2 fully saturated rings. The van der Waals surface area contributed by atoms with Crippen molar-refractivity contribution >= 4 is 23.2 Å². The van der Waals surface area contributed by atoms with Crippen LogP contribution in [-0.2, 0) is 25.4 Å². The molecule has 226 valence electrons. The number of benzene rings is 1. The van der Waals surface area contributed by atoms with E-state index in [2.05, 4.69) is 37.9 Å². The molecule has 0 aromatic heterocycles. The van der Waals surface area contributed by atoms with Gasteiger partial charge in [0.15, 0.2) is 5.88 Å². The lowest BCUT2D eigenvalue weighted by molar-refractivity contribution is -0.130. The molecular formula is C33H47ClN2O5. The summed E-state index contributed by atoms with van der Waals surface area (Å²) >= 11 is 6.75. The molecule has 0 aliphatic carbocycles. The number of amides is 1. The van der Waals surface area contributed by atoms with Crippen LogP contribution in [0.4, 0.5) is 5.69 Å². The summed E-state index contributed by atoms with van der Waals surface area (Å²) in [5.74, 6) is -0.0909. The summed E-state index contributed by atoms with van der Waals surface area (Å²) in [4.78, 5) is 15.4. The molecular weight excluding hydrogens is 540 g/mol. The highest BCUT2D eigenvalue weighted by Crippen LogP contribution is 2.50. The quantitative estimate of drug-likeness (QED) is 0.381. The lowest BCUT2D eigenvalue weighted by Gasteiger charge is -2.44. The first-order valence-electron chi connectivity index (χ1n) is 14.5. The summed E-state index contributed by atoms with van der Waals surface area (Å²) in [7, 11) is 1.77. The maximum absolute atomic E-state index is 13.8. The van der Waals surface area contributed by atoms with Crippen LogP contribution in [0.15, 0.2) is 48.4 Å². The molecule has 0 radical (unpaired) electrons. The summed E-state index contributed by atoms with van der Waals surface area (Å²) in [6, 6.07) is 4.05. The zero-order chi connectivity index (χ0) is 30.5. The smallest absolute Gasteiger partial charge is 0.229 e. The molecule has 0 spiro atoms. The van der Waals surface area contributed by atoms with Gasteiger partial charge in [0.1, 0.15) is 17.4 Å². The number of aryl methyl sites for hydroxylation is 1. The third-order valence-corrected chi connectivity index (χ3v) is 9.15. The Morgan fingerprint density at radius 3 is 2.59 bits per heavy atom. The van der Waals surface area contributed by atoms with Crippen LogP contribution in [0.5, 0.6) is 0 Å². The van der Waals surface area contributed by atoms with Crippen molar-refractivity contribution in [2.24, 2.45) is 11.8 Å². The number of hydrogen-bond donors (Lipinski definition) is 2. The number of epoxide rings is 1. The molecule has 8 heteroatoms. The highest BCUT2D eigenvalue weighted by molar-refractivity contribution is 6.34. The van der Waals surface area contributed by atoms with Gasteiger partial charge in [0.25, 0.3) is 0 Å². The largest absolute Gasteiger partial charge is 0.476 e. The van der Waals surface area contributed by atoms with E-state index in [-0.39, 0.29) is 36.4 Å². The zero-order valence-corrected chi connectivity index (χ0v) is 26.8. The van der Waals surface area contributed by atoms with E-state index >= 15 is 0 Å². The van der Waals surface area contributed by atoms with E-state index in [1.807, 2.05) is 59.8 Å². The Bertz CT molecular complexity index is 1250. The monoisotopic (exact) mass is 586 g/mol. The van der Waals surface area contributed by atoms with E-state index < -0.39 is 23.0 Å². The molecule has 1 amide bonds. The number of nitrogens with zero attached hydrogens (tertiary/aromatic N) is 1. The number of allylic oxidation sites excluding steroid dienone is 3. The van der Waals surface area contributed by atoms with Crippen LogP contribution in [0.1, 0.15) is 72.4 Å². The van der Waals surface area contributed by atoms with Crippen molar-refractivity contribution in [3.8, 4) is 0 Å². The average Bonchev–Trinajstić information content (AvgIpc) is 3.55. The van der Waals surface area contributed by atoms with Crippen molar-refractivity contribution < 1.29 is 24.1 Å². The van der Waals surface area contributed by atoms with Gasteiger partial charge in [-0.05, 0) is 71.7 Å². The van der Waals surface area contributed by atoms with Crippen molar-refractivity contribution in [1.82, 2.24) is 5.32 Å². The first-order valence-corrected chi connectivity index (χ1v) is 14.9. The van der Waals surface area contributed by atoms with E-state index in [4.69, 9.17) is 25.8 Å². The van der Waals surface area contributed by atoms with Crippen molar-refractivity contribution in [2.45, 2.75) is 110 Å². The Balaban J connectivity index is 1.77. The molecule has 2 saturated heterocycles. The van der Waals surface area contributed by atoms with Gasteiger partial charge in [-0.15, -0.1) is 0 Å². The number of anilines is 1. The molecule has 3 aliphatic heterocycles. The topological polar surface area (TPSA) is 83.6 Å². The Hall–Kier alpha value is -2.32. The van der Waals surface area contributed by atoms with E-state index in [9.17, 15) is 9.90 Å². The summed E-state index contributed by atoms with van der Waals surface area (Å²) in [6.07, 6.45) is 6.13. The number of nitrogens with one attached hydrogen (secondary N) is 1. The molecule has 7 unspecified atom stereocenters. The molecule has 2 N–H and O–H groups in total. The van der Waals surface area contributed by atoms with Gasteiger partial charge in [0, 0.05) is 25.3 Å². The van der Waals surface area contributed by atoms with Gasteiger partial charge < -0.3 is 29.5 Å². The summed E-state index contributed by atoms with van der Waals surface area (Å²) in [6.45, 7) is 20.0. The molecule has 4 rings (SSSR count). The Kier molecular flexibility index (Phi) is 8.79. The molecule has 7 nitrogen and oxygen atoms in total. The number of halogens is 1. The minimum Gasteiger partial charge on any atom is -0.476 e. The number of fused-ring (bicyclic) bond motifs is 5. The van der Waals surface area contributed by atoms with Gasteiger partial charge >= 0.3 is 0 Å². The van der Waals surface area contributed by atoms with Crippen LogP contribution < -0.4 is 10.2 Å². The maximum Gasteiger partial charge on any atom is 0.229 e. The number of ether oxygens (including phenoxy) is 3. The zero-order valence-electron chi connectivity index (χ0n) is 26.0. The minimum absolute atomic E-state index is 0.0987. The van der Waals surface area contributed by atoms with E-state index in [0.717, 1.165) is 16.7 Å². The van der Waals surface area contributed by atoms with Gasteiger partial charge in [-0.1, -0.05) is 55.3 Å². The van der Waals surface area contributed by atoms with Gasteiger partial charge in [0.05, 0.1) is 34.9 Å². The summed E-state index contributed by atoms with van der Waals surface area (Å²) in [5.41, 5.74) is 1.35. The predicted molar refractivity (Wildman–Crippen MR) is 164 cm³/mol. The second kappa shape index (κ2) is 11.4. The molecule has 41 heavy (non-hydrogen) atoms. The number of hydrogen-bond acceptors (Lipinski definition) is 6. The van der Waals surface area contributed by atoms with E-state index in [1.54, 1.807) is 11.9 Å². The molecule has 0 saturated carbocycles. The SMILES string of the molecule is C=C1NC2(O)CC(O1)C(C)C1OC1(C)C(OC(C)(C)C)CC(=O)N(C)c1cc(cc(C)c1Cl)C/C(C)=C/C=C/C2C. The lowest BCUT2D eigenvalue weighted by Crippen LogP contribution is -2.57. The molecule has 7 atom stereocenters. The van der Waals surface area contributed by atoms with Gasteiger partial charge in [0.2, 0.25) is 5.91 Å². The lowest BCUT2D eigenvalue weighted by atomic mass is 9.82. The van der Waals surface area contributed by atoms with Crippen LogP contribution in [-0.4, -0.2) is 53.3 Å². The fourth-order valence-electron chi connectivity index (χ4n) is 6.08. The standard InChI is InChI=1S/C33H47ClN2O5/c1-19-12-11-13-21(3)33(38)18-26(39-23(5)35-33)22(4)30-32(9,41-30)27(40-31(6,7)8)17-28(37)36(10)25-16-24(14-19)15-20(2)29(25)34/h11-13,15-16,21-22,26-27,30,35,38H,5,14,17-18H2,1-4,6-10H3/b13-11+,19-12+. The summed E-state index contributed by atoms with van der Waals surface area (Å²) < 4.78 is 19.0. The van der Waals surface area contributed by atoms with E-state index in [0.29, 0.717) is 29.4 Å². The number of carbonyl (C=O) groups is 1. The van der Waals surface area contributed by atoms with E-state index in [1.165, 1.54) is 0 Å². The van der Waals surface area contributed by atoms with Crippen LogP contribution in [0.3, 0.4) is 0 Å². The van der Waals surface area contributed by atoms with Crippen LogP contribution >= 0.6 is 11.6 Å². The highest BCUT2D eigenvalue weighted by Gasteiger charge is 2.63. The minimum atomic E-state index is -1.23. The number of rotatable bonds is 1. The second-order valence-electron chi connectivity index (χ2n) is 13.4. The normalized spacial score (nSPS) is 36.9. The van der Waals surface area contributed by atoms with Gasteiger partial charge in [-0.25, -0.2) is 0 Å². The van der Waals surface area contributed by atoms with Crippen molar-refractivity contribution in [2.75, 3.05) is 11.9 Å².